The van der Waals surface area contributed by atoms with Crippen molar-refractivity contribution in [3.8, 4) is 5.75 Å². The number of aromatic nitrogens is 2. The summed E-state index contributed by atoms with van der Waals surface area (Å²) in [6.45, 7) is 11.5. The molecule has 1 spiro atoms. The topological polar surface area (TPSA) is 122 Å². The van der Waals surface area contributed by atoms with E-state index in [0.717, 1.165) is 35.4 Å². The fraction of sp³-hybridized carbons (Fsp3) is 0.607. The molecule has 2 aliphatic rings. The number of phenols is 1. The molecule has 2 aliphatic heterocycles. The third kappa shape index (κ3) is 5.42. The Morgan fingerprint density at radius 3 is 2.29 bits per heavy atom. The Labute approximate surface area is 231 Å². The largest absolute Gasteiger partial charge is 0.508 e. The summed E-state index contributed by atoms with van der Waals surface area (Å²) in [5.74, 6) is -0.280. The van der Waals surface area contributed by atoms with Gasteiger partial charge in [-0.25, -0.2) is 0 Å². The Morgan fingerprint density at radius 1 is 1.13 bits per heavy atom. The minimum Gasteiger partial charge on any atom is -0.508 e. The molecular formula is C28H42ClN5O4. The second-order valence-corrected chi connectivity index (χ2v) is 10.9. The smallest absolute Gasteiger partial charge is 0.248 e. The van der Waals surface area contributed by atoms with Crippen molar-refractivity contribution in [2.45, 2.75) is 84.0 Å². The van der Waals surface area contributed by atoms with E-state index in [1.54, 1.807) is 17.0 Å². The van der Waals surface area contributed by atoms with Gasteiger partial charge in [0.15, 0.2) is 0 Å². The summed E-state index contributed by atoms with van der Waals surface area (Å²) >= 11 is 0. The lowest BCUT2D eigenvalue weighted by molar-refractivity contribution is -0.165. The fourth-order valence-corrected chi connectivity index (χ4v) is 5.92. The average molecular weight is 548 g/mol. The van der Waals surface area contributed by atoms with Crippen LogP contribution in [0.5, 0.6) is 5.75 Å². The number of aryl methyl sites for hydroxylation is 2. The molecule has 38 heavy (non-hydrogen) atoms. The third-order valence-electron chi connectivity index (χ3n) is 8.18. The number of amides is 2. The van der Waals surface area contributed by atoms with Gasteiger partial charge in [0.25, 0.3) is 0 Å². The number of hydrogen-bond acceptors (Lipinski definition) is 6. The first-order valence-corrected chi connectivity index (χ1v) is 13.5. The number of nitrogens with zero attached hydrogens (tertiary/aromatic N) is 3. The molecule has 3 heterocycles. The monoisotopic (exact) mass is 547 g/mol. The second kappa shape index (κ2) is 12.1. The molecule has 2 aromatic rings. The summed E-state index contributed by atoms with van der Waals surface area (Å²) in [6.07, 6.45) is 1.79. The van der Waals surface area contributed by atoms with Crippen molar-refractivity contribution in [3.05, 3.63) is 46.8 Å². The molecular weight excluding hydrogens is 506 g/mol. The maximum Gasteiger partial charge on any atom is 0.248 e. The van der Waals surface area contributed by atoms with Crippen molar-refractivity contribution in [2.75, 3.05) is 19.6 Å². The highest BCUT2D eigenvalue weighted by Crippen LogP contribution is 2.40. The number of likely N-dealkylation sites (tertiary alicyclic amines) is 1. The van der Waals surface area contributed by atoms with Crippen LogP contribution in [0.4, 0.5) is 0 Å². The molecule has 1 unspecified atom stereocenters. The average Bonchev–Trinajstić information content (AvgIpc) is 3.21. The van der Waals surface area contributed by atoms with E-state index in [1.165, 1.54) is 0 Å². The number of carbonyl (C=O) groups excluding carboxylic acids is 2. The standard InChI is InChI=1S/C28H41N5O4.ClH/c1-6-7-14-33-26(36)23(25(35)17(2)3)29-27(37)28(33)12-15-32(16-13-28)24(20-8-10-21(34)11-9-20)22-18(4)30-31-19(22)5;/h8-11,17,23-25,34-35H,6-7,12-16H2,1-5H3,(H,29,37)(H,30,31);1H/t23-,24?,25-;/m1./s1. The number of aromatic hydroxyl groups is 1. The lowest BCUT2D eigenvalue weighted by atomic mass is 9.79. The maximum absolute atomic E-state index is 13.7. The quantitative estimate of drug-likeness (QED) is 0.402. The summed E-state index contributed by atoms with van der Waals surface area (Å²) < 4.78 is 0. The van der Waals surface area contributed by atoms with Crippen LogP contribution in [0, 0.1) is 19.8 Å². The SMILES string of the molecule is CCCCN1C(=O)[C@@H]([C@H](O)C(C)C)NC(=O)C12CCN(C(c1ccc(O)cc1)c1c(C)n[nH]c1C)CC2.Cl. The minimum absolute atomic E-state index is 0. The van der Waals surface area contributed by atoms with E-state index in [0.29, 0.717) is 32.5 Å². The van der Waals surface area contributed by atoms with Crippen LogP contribution in [0.3, 0.4) is 0 Å². The van der Waals surface area contributed by atoms with Gasteiger partial charge in [-0.15, -0.1) is 12.4 Å². The van der Waals surface area contributed by atoms with Gasteiger partial charge in [-0.05, 0) is 56.7 Å². The number of H-pyrrole nitrogens is 1. The van der Waals surface area contributed by atoms with Crippen molar-refractivity contribution in [1.29, 1.82) is 0 Å². The highest BCUT2D eigenvalue weighted by Gasteiger charge is 2.55. The lowest BCUT2D eigenvalue weighted by Crippen LogP contribution is -2.75. The number of rotatable bonds is 8. The van der Waals surface area contributed by atoms with E-state index in [2.05, 4.69) is 27.3 Å². The lowest BCUT2D eigenvalue weighted by Gasteiger charge is -2.53. The van der Waals surface area contributed by atoms with Gasteiger partial charge < -0.3 is 20.4 Å². The van der Waals surface area contributed by atoms with Crippen LogP contribution in [0.1, 0.15) is 75.0 Å². The number of aliphatic hydroxyl groups is 1. The highest BCUT2D eigenvalue weighted by molar-refractivity contribution is 6.00. The first-order valence-electron chi connectivity index (χ1n) is 13.5. The summed E-state index contributed by atoms with van der Waals surface area (Å²) in [6, 6.07) is 6.24. The van der Waals surface area contributed by atoms with Gasteiger partial charge in [-0.3, -0.25) is 19.6 Å². The van der Waals surface area contributed by atoms with Gasteiger partial charge in [-0.1, -0.05) is 39.3 Å². The van der Waals surface area contributed by atoms with E-state index in [4.69, 9.17) is 0 Å². The number of piperazine rings is 1. The van der Waals surface area contributed by atoms with E-state index in [9.17, 15) is 19.8 Å². The molecule has 210 valence electrons. The molecule has 0 aliphatic carbocycles. The van der Waals surface area contributed by atoms with E-state index < -0.39 is 17.7 Å². The Hall–Kier alpha value is -2.62. The van der Waals surface area contributed by atoms with E-state index in [1.807, 2.05) is 39.8 Å². The van der Waals surface area contributed by atoms with E-state index >= 15 is 0 Å². The molecule has 2 amide bonds. The Balaban J connectivity index is 0.00000400. The molecule has 2 fully saturated rings. The first-order chi connectivity index (χ1) is 17.6. The summed E-state index contributed by atoms with van der Waals surface area (Å²) in [4.78, 5) is 31.4. The van der Waals surface area contributed by atoms with Gasteiger partial charge in [0.05, 0.1) is 17.8 Å². The zero-order valence-corrected chi connectivity index (χ0v) is 23.8. The molecule has 4 N–H and O–H groups in total. The van der Waals surface area contributed by atoms with Gasteiger partial charge >= 0.3 is 0 Å². The molecule has 3 atom stereocenters. The number of nitrogens with one attached hydrogen (secondary N) is 2. The number of unbranched alkanes of at least 4 members (excludes halogenated alkanes) is 1. The number of carbonyl (C=O) groups is 2. The molecule has 9 nitrogen and oxygen atoms in total. The Kier molecular flexibility index (Phi) is 9.49. The van der Waals surface area contributed by atoms with Crippen molar-refractivity contribution in [2.24, 2.45) is 5.92 Å². The van der Waals surface area contributed by atoms with Crippen LogP contribution in [-0.4, -0.2) is 79.3 Å². The zero-order chi connectivity index (χ0) is 26.9. The predicted octanol–water partition coefficient (Wildman–Crippen LogP) is 3.22. The van der Waals surface area contributed by atoms with Gasteiger partial charge in [-0.2, -0.15) is 5.10 Å². The number of hydrogen-bond donors (Lipinski definition) is 4. The van der Waals surface area contributed by atoms with Gasteiger partial charge in [0.1, 0.15) is 17.3 Å². The predicted molar refractivity (Wildman–Crippen MR) is 148 cm³/mol. The van der Waals surface area contributed by atoms with Gasteiger partial charge in [0.2, 0.25) is 11.8 Å². The summed E-state index contributed by atoms with van der Waals surface area (Å²) in [7, 11) is 0. The van der Waals surface area contributed by atoms with Gasteiger partial charge in [0, 0.05) is 30.9 Å². The summed E-state index contributed by atoms with van der Waals surface area (Å²) in [5.41, 5.74) is 3.10. The van der Waals surface area contributed by atoms with Crippen LogP contribution in [-0.2, 0) is 9.59 Å². The normalized spacial score (nSPS) is 21.3. The number of aromatic amines is 1. The molecule has 2 saturated heterocycles. The van der Waals surface area contributed by atoms with Crippen LogP contribution in [0.25, 0.3) is 0 Å². The van der Waals surface area contributed by atoms with Crippen molar-refractivity contribution in [3.63, 3.8) is 0 Å². The second-order valence-electron chi connectivity index (χ2n) is 10.9. The Bertz CT molecular complexity index is 1090. The fourth-order valence-electron chi connectivity index (χ4n) is 5.92. The first kappa shape index (κ1) is 29.9. The number of phenolic OH excluding ortho intramolecular Hbond substituents is 1. The molecule has 0 bridgehead atoms. The third-order valence-corrected chi connectivity index (χ3v) is 8.18. The van der Waals surface area contributed by atoms with Crippen LogP contribution in [0.15, 0.2) is 24.3 Å². The molecule has 4 rings (SSSR count). The minimum atomic E-state index is -0.927. The summed E-state index contributed by atoms with van der Waals surface area (Å²) in [5, 5.41) is 31.0. The van der Waals surface area contributed by atoms with Crippen molar-refractivity contribution in [1.82, 2.24) is 25.3 Å². The van der Waals surface area contributed by atoms with Crippen molar-refractivity contribution < 1.29 is 19.8 Å². The molecule has 1 aromatic carbocycles. The Morgan fingerprint density at radius 2 is 1.76 bits per heavy atom. The highest BCUT2D eigenvalue weighted by atomic mass is 35.5. The van der Waals surface area contributed by atoms with Crippen LogP contribution >= 0.6 is 12.4 Å². The number of halogens is 1. The molecule has 1 aromatic heterocycles. The maximum atomic E-state index is 13.7. The molecule has 10 heteroatoms. The van der Waals surface area contributed by atoms with Crippen molar-refractivity contribution >= 4 is 24.2 Å². The molecule has 0 saturated carbocycles. The number of benzene rings is 1. The van der Waals surface area contributed by atoms with Crippen LogP contribution < -0.4 is 5.32 Å². The molecule has 0 radical (unpaired) electrons. The zero-order valence-electron chi connectivity index (χ0n) is 23.0. The van der Waals surface area contributed by atoms with Crippen LogP contribution in [0.2, 0.25) is 0 Å². The number of piperidine rings is 1. The number of aliphatic hydroxyl groups excluding tert-OH is 1. The van der Waals surface area contributed by atoms with E-state index in [-0.39, 0.29) is 41.9 Å².